The number of hydrogen-bond donors (Lipinski definition) is 1. The lowest BCUT2D eigenvalue weighted by Crippen LogP contribution is -2.13. The molecular weight excluding hydrogens is 244 g/mol. The van der Waals surface area contributed by atoms with Gasteiger partial charge in [-0.3, -0.25) is 0 Å². The minimum atomic E-state index is -0.376. The summed E-state index contributed by atoms with van der Waals surface area (Å²) in [5.41, 5.74) is 0.875. The summed E-state index contributed by atoms with van der Waals surface area (Å²) in [6.45, 7) is 6.68. The maximum absolute atomic E-state index is 9.77. The van der Waals surface area contributed by atoms with E-state index in [1.165, 1.54) is 0 Å². The van der Waals surface area contributed by atoms with Crippen LogP contribution in [0.3, 0.4) is 0 Å². The van der Waals surface area contributed by atoms with Crippen molar-refractivity contribution in [1.82, 2.24) is 0 Å². The predicted molar refractivity (Wildman–Crippen MR) is 72.3 cm³/mol. The summed E-state index contributed by atoms with van der Waals surface area (Å²) in [6, 6.07) is 5.22. The highest BCUT2D eigenvalue weighted by molar-refractivity contribution is 5.42. The molecule has 4 heteroatoms. The molecule has 0 amide bonds. The number of phenols is 1. The molecule has 1 aromatic rings. The number of aromatic hydroxyl groups is 1. The molecule has 0 spiro atoms. The number of unbranched alkanes of at least 4 members (excludes halogenated alkanes) is 1. The number of ether oxygens (including phenoxy) is 3. The standard InChI is InChI=1S/C15H22O4/c1-4-5-8-17-14-9-12(6-7-13(14)16)15-18-10(2)11(3)19-15/h6-7,9-11,15-16H,4-5,8H2,1-3H3. The zero-order chi connectivity index (χ0) is 13.8. The van der Waals surface area contributed by atoms with Gasteiger partial charge in [-0.25, -0.2) is 0 Å². The lowest BCUT2D eigenvalue weighted by atomic mass is 10.2. The predicted octanol–water partition coefficient (Wildman–Crippen LogP) is 3.39. The summed E-state index contributed by atoms with van der Waals surface area (Å²) in [5.74, 6) is 0.643. The fraction of sp³-hybridized carbons (Fsp3) is 0.600. The van der Waals surface area contributed by atoms with Crippen LogP contribution < -0.4 is 4.74 Å². The van der Waals surface area contributed by atoms with Crippen LogP contribution in [0.25, 0.3) is 0 Å². The average Bonchev–Trinajstić information content (AvgIpc) is 2.72. The Kier molecular flexibility index (Phi) is 4.66. The Labute approximate surface area is 114 Å². The van der Waals surface area contributed by atoms with Crippen LogP contribution >= 0.6 is 0 Å². The quantitative estimate of drug-likeness (QED) is 0.830. The van der Waals surface area contributed by atoms with Gasteiger partial charge in [0.15, 0.2) is 17.8 Å². The van der Waals surface area contributed by atoms with Gasteiger partial charge in [0.2, 0.25) is 0 Å². The maximum Gasteiger partial charge on any atom is 0.184 e. The first kappa shape index (κ1) is 14.2. The molecule has 1 heterocycles. The Bertz CT molecular complexity index is 409. The van der Waals surface area contributed by atoms with E-state index in [0.717, 1.165) is 18.4 Å². The number of hydrogen-bond acceptors (Lipinski definition) is 4. The lowest BCUT2D eigenvalue weighted by molar-refractivity contribution is -0.0654. The Morgan fingerprint density at radius 3 is 2.53 bits per heavy atom. The van der Waals surface area contributed by atoms with E-state index in [1.807, 2.05) is 13.8 Å². The van der Waals surface area contributed by atoms with Gasteiger partial charge in [0.05, 0.1) is 18.8 Å². The molecule has 0 aromatic heterocycles. The van der Waals surface area contributed by atoms with Gasteiger partial charge >= 0.3 is 0 Å². The zero-order valence-corrected chi connectivity index (χ0v) is 11.8. The van der Waals surface area contributed by atoms with Crippen molar-refractivity contribution in [3.63, 3.8) is 0 Å². The Hall–Kier alpha value is -1.26. The van der Waals surface area contributed by atoms with E-state index in [1.54, 1.807) is 18.2 Å². The molecule has 0 aliphatic carbocycles. The summed E-state index contributed by atoms with van der Waals surface area (Å²) < 4.78 is 17.0. The van der Waals surface area contributed by atoms with Crippen molar-refractivity contribution < 1.29 is 19.3 Å². The summed E-state index contributed by atoms with van der Waals surface area (Å²) in [7, 11) is 0. The topological polar surface area (TPSA) is 47.9 Å². The van der Waals surface area contributed by atoms with Gasteiger partial charge in [-0.1, -0.05) is 19.4 Å². The van der Waals surface area contributed by atoms with E-state index in [0.29, 0.717) is 12.4 Å². The highest BCUT2D eigenvalue weighted by atomic mass is 16.7. The Morgan fingerprint density at radius 1 is 1.21 bits per heavy atom. The fourth-order valence-electron chi connectivity index (χ4n) is 1.92. The number of phenolic OH excluding ortho intramolecular Hbond substituents is 1. The molecule has 0 bridgehead atoms. The second kappa shape index (κ2) is 6.26. The first-order valence-electron chi connectivity index (χ1n) is 6.88. The molecule has 1 aliphatic heterocycles. The minimum absolute atomic E-state index is 0.0725. The molecular formula is C15H22O4. The van der Waals surface area contributed by atoms with Gasteiger partial charge < -0.3 is 19.3 Å². The summed E-state index contributed by atoms with van der Waals surface area (Å²) in [5, 5.41) is 9.77. The summed E-state index contributed by atoms with van der Waals surface area (Å²) in [6.07, 6.45) is 1.80. The molecule has 1 aromatic carbocycles. The van der Waals surface area contributed by atoms with E-state index in [4.69, 9.17) is 14.2 Å². The van der Waals surface area contributed by atoms with Crippen molar-refractivity contribution in [1.29, 1.82) is 0 Å². The molecule has 19 heavy (non-hydrogen) atoms. The van der Waals surface area contributed by atoms with Crippen LogP contribution in [-0.2, 0) is 9.47 Å². The fourth-order valence-corrected chi connectivity index (χ4v) is 1.92. The molecule has 1 saturated heterocycles. The highest BCUT2D eigenvalue weighted by Gasteiger charge is 2.31. The van der Waals surface area contributed by atoms with Gasteiger partial charge in [0.25, 0.3) is 0 Å². The molecule has 1 fully saturated rings. The largest absolute Gasteiger partial charge is 0.504 e. The molecule has 2 atom stereocenters. The van der Waals surface area contributed by atoms with E-state index in [9.17, 15) is 5.11 Å². The third-order valence-corrected chi connectivity index (χ3v) is 3.35. The van der Waals surface area contributed by atoms with Crippen molar-refractivity contribution in [3.8, 4) is 11.5 Å². The molecule has 106 valence electrons. The van der Waals surface area contributed by atoms with Gasteiger partial charge in [-0.05, 0) is 32.4 Å². The van der Waals surface area contributed by atoms with Crippen molar-refractivity contribution in [3.05, 3.63) is 23.8 Å². The maximum atomic E-state index is 9.77. The third-order valence-electron chi connectivity index (χ3n) is 3.35. The molecule has 1 aliphatic rings. The van der Waals surface area contributed by atoms with Crippen molar-refractivity contribution >= 4 is 0 Å². The summed E-state index contributed by atoms with van der Waals surface area (Å²) >= 11 is 0. The van der Waals surface area contributed by atoms with Crippen LogP contribution in [0.2, 0.25) is 0 Å². The lowest BCUT2D eigenvalue weighted by Gasteiger charge is -2.13. The first-order valence-corrected chi connectivity index (χ1v) is 6.88. The van der Waals surface area contributed by atoms with Gasteiger partial charge in [0.1, 0.15) is 0 Å². The van der Waals surface area contributed by atoms with Crippen LogP contribution in [0.4, 0.5) is 0 Å². The molecule has 0 saturated carbocycles. The van der Waals surface area contributed by atoms with Gasteiger partial charge in [-0.15, -0.1) is 0 Å². The van der Waals surface area contributed by atoms with E-state index in [2.05, 4.69) is 6.92 Å². The summed E-state index contributed by atoms with van der Waals surface area (Å²) in [4.78, 5) is 0. The highest BCUT2D eigenvalue weighted by Crippen LogP contribution is 2.35. The average molecular weight is 266 g/mol. The Morgan fingerprint density at radius 2 is 1.89 bits per heavy atom. The van der Waals surface area contributed by atoms with Crippen molar-refractivity contribution in [2.75, 3.05) is 6.61 Å². The van der Waals surface area contributed by atoms with E-state index >= 15 is 0 Å². The minimum Gasteiger partial charge on any atom is -0.504 e. The van der Waals surface area contributed by atoms with Crippen LogP contribution in [0.5, 0.6) is 11.5 Å². The molecule has 1 N–H and O–H groups in total. The molecule has 4 nitrogen and oxygen atoms in total. The molecule has 0 radical (unpaired) electrons. The molecule has 2 rings (SSSR count). The SMILES string of the molecule is CCCCOc1cc(C2OC(C)C(C)O2)ccc1O. The zero-order valence-electron chi connectivity index (χ0n) is 11.8. The van der Waals surface area contributed by atoms with Crippen LogP contribution in [-0.4, -0.2) is 23.9 Å². The number of benzene rings is 1. The van der Waals surface area contributed by atoms with Crippen molar-refractivity contribution in [2.45, 2.75) is 52.1 Å². The second-order valence-corrected chi connectivity index (χ2v) is 4.94. The Balaban J connectivity index is 2.08. The first-order chi connectivity index (χ1) is 9.11. The monoisotopic (exact) mass is 266 g/mol. The van der Waals surface area contributed by atoms with E-state index < -0.39 is 0 Å². The van der Waals surface area contributed by atoms with Crippen LogP contribution in [0, 0.1) is 0 Å². The number of rotatable bonds is 5. The van der Waals surface area contributed by atoms with Crippen LogP contribution in [0.15, 0.2) is 18.2 Å². The normalized spacial score (nSPS) is 26.6. The smallest absolute Gasteiger partial charge is 0.184 e. The van der Waals surface area contributed by atoms with Gasteiger partial charge in [0, 0.05) is 5.56 Å². The van der Waals surface area contributed by atoms with Crippen LogP contribution in [0.1, 0.15) is 45.5 Å². The second-order valence-electron chi connectivity index (χ2n) is 4.94. The molecule has 2 unspecified atom stereocenters. The van der Waals surface area contributed by atoms with Gasteiger partial charge in [-0.2, -0.15) is 0 Å². The third kappa shape index (κ3) is 3.39. The van der Waals surface area contributed by atoms with Crippen molar-refractivity contribution in [2.24, 2.45) is 0 Å². The van der Waals surface area contributed by atoms with E-state index in [-0.39, 0.29) is 24.2 Å².